The molecule has 0 unspecified atom stereocenters. The van der Waals surface area contributed by atoms with Crippen molar-refractivity contribution in [1.29, 1.82) is 0 Å². The number of hydrogen-bond donors (Lipinski definition) is 2. The van der Waals surface area contributed by atoms with Crippen LogP contribution in [0.2, 0.25) is 0 Å². The lowest BCUT2D eigenvalue weighted by Gasteiger charge is -2.36. The Bertz CT molecular complexity index is 633. The number of alkyl carbamates (subject to hydrolysis) is 1. The Kier molecular flexibility index (Phi) is 5.77. The molecule has 1 aromatic rings. The van der Waals surface area contributed by atoms with E-state index in [0.29, 0.717) is 29.9 Å². The Morgan fingerprint density at radius 2 is 1.68 bits per heavy atom. The Balaban J connectivity index is 1.83. The van der Waals surface area contributed by atoms with Gasteiger partial charge in [-0.15, -0.1) is 0 Å². The molecule has 7 heteroatoms. The highest BCUT2D eigenvalue weighted by atomic mass is 16.6. The SMILES string of the molecule is COc1ccc(C(=O)NC2CC(NC(=O)OC(C)(C)C)C2)c(OC)c1. The van der Waals surface area contributed by atoms with Crippen LogP contribution >= 0.6 is 0 Å². The summed E-state index contributed by atoms with van der Waals surface area (Å²) in [7, 11) is 3.07. The fraction of sp³-hybridized carbons (Fsp3) is 0.556. The van der Waals surface area contributed by atoms with Gasteiger partial charge in [-0.25, -0.2) is 4.79 Å². The summed E-state index contributed by atoms with van der Waals surface area (Å²) in [6.07, 6.45) is 0.909. The van der Waals surface area contributed by atoms with Crippen LogP contribution in [0, 0.1) is 0 Å². The van der Waals surface area contributed by atoms with E-state index in [1.165, 1.54) is 7.11 Å². The summed E-state index contributed by atoms with van der Waals surface area (Å²) < 4.78 is 15.6. The zero-order valence-corrected chi connectivity index (χ0v) is 15.3. The van der Waals surface area contributed by atoms with Crippen LogP contribution in [-0.2, 0) is 4.74 Å². The lowest BCUT2D eigenvalue weighted by molar-refractivity contribution is 0.0465. The number of amides is 2. The van der Waals surface area contributed by atoms with Gasteiger partial charge >= 0.3 is 6.09 Å². The van der Waals surface area contributed by atoms with Crippen molar-refractivity contribution in [1.82, 2.24) is 10.6 Å². The predicted octanol–water partition coefficient (Wildman–Crippen LogP) is 2.49. The monoisotopic (exact) mass is 350 g/mol. The standard InChI is InChI=1S/C18H26N2O5/c1-18(2,3)25-17(22)20-12-8-11(9-12)19-16(21)14-7-6-13(23-4)10-15(14)24-5/h6-7,10-12H,8-9H2,1-5H3,(H,19,21)(H,20,22). The van der Waals surface area contributed by atoms with E-state index in [1.807, 2.05) is 20.8 Å². The molecule has 0 aliphatic heterocycles. The van der Waals surface area contributed by atoms with E-state index >= 15 is 0 Å². The highest BCUT2D eigenvalue weighted by Gasteiger charge is 2.33. The number of ether oxygens (including phenoxy) is 3. The topological polar surface area (TPSA) is 85.9 Å². The maximum atomic E-state index is 12.4. The van der Waals surface area contributed by atoms with Gasteiger partial charge in [0.05, 0.1) is 19.8 Å². The third-order valence-corrected chi connectivity index (χ3v) is 3.85. The first-order valence-corrected chi connectivity index (χ1v) is 8.24. The molecule has 138 valence electrons. The highest BCUT2D eigenvalue weighted by molar-refractivity contribution is 5.97. The molecule has 25 heavy (non-hydrogen) atoms. The quantitative estimate of drug-likeness (QED) is 0.852. The summed E-state index contributed by atoms with van der Waals surface area (Å²) in [5, 5.41) is 5.74. The van der Waals surface area contributed by atoms with E-state index in [4.69, 9.17) is 14.2 Å². The first-order chi connectivity index (χ1) is 11.7. The Morgan fingerprint density at radius 3 is 2.24 bits per heavy atom. The van der Waals surface area contributed by atoms with Gasteiger partial charge in [0.2, 0.25) is 0 Å². The summed E-state index contributed by atoms with van der Waals surface area (Å²) in [5.74, 6) is 0.874. The van der Waals surface area contributed by atoms with Crippen LogP contribution in [-0.4, -0.2) is 43.9 Å². The molecule has 7 nitrogen and oxygen atoms in total. The molecule has 1 aliphatic rings. The maximum absolute atomic E-state index is 12.4. The average molecular weight is 350 g/mol. The van der Waals surface area contributed by atoms with Crippen molar-refractivity contribution in [2.45, 2.75) is 51.3 Å². The van der Waals surface area contributed by atoms with Crippen LogP contribution in [0.25, 0.3) is 0 Å². The van der Waals surface area contributed by atoms with Gasteiger partial charge < -0.3 is 24.8 Å². The summed E-state index contributed by atoms with van der Waals surface area (Å²) in [4.78, 5) is 24.1. The fourth-order valence-corrected chi connectivity index (χ4v) is 2.58. The molecule has 0 saturated heterocycles. The summed E-state index contributed by atoms with van der Waals surface area (Å²) in [5.41, 5.74) is -0.0707. The van der Waals surface area contributed by atoms with Gasteiger partial charge in [-0.3, -0.25) is 4.79 Å². The molecule has 0 spiro atoms. The zero-order valence-electron chi connectivity index (χ0n) is 15.3. The average Bonchev–Trinajstić information content (AvgIpc) is 2.50. The molecule has 0 bridgehead atoms. The molecular weight excluding hydrogens is 324 g/mol. The van der Waals surface area contributed by atoms with Gasteiger partial charge in [-0.1, -0.05) is 0 Å². The van der Waals surface area contributed by atoms with Gasteiger partial charge in [-0.05, 0) is 45.7 Å². The van der Waals surface area contributed by atoms with Gasteiger partial charge in [0.15, 0.2) is 0 Å². The van der Waals surface area contributed by atoms with Gasteiger partial charge in [0.25, 0.3) is 5.91 Å². The molecule has 0 heterocycles. The van der Waals surface area contributed by atoms with Crippen LogP contribution in [0.15, 0.2) is 18.2 Å². The molecule has 0 radical (unpaired) electrons. The Morgan fingerprint density at radius 1 is 1.04 bits per heavy atom. The number of rotatable bonds is 5. The highest BCUT2D eigenvalue weighted by Crippen LogP contribution is 2.26. The number of carbonyl (C=O) groups is 2. The van der Waals surface area contributed by atoms with Gasteiger partial charge in [0, 0.05) is 18.2 Å². The third-order valence-electron chi connectivity index (χ3n) is 3.85. The predicted molar refractivity (Wildman–Crippen MR) is 93.2 cm³/mol. The van der Waals surface area contributed by atoms with E-state index < -0.39 is 11.7 Å². The van der Waals surface area contributed by atoms with Crippen LogP contribution in [0.1, 0.15) is 44.0 Å². The molecule has 1 aliphatic carbocycles. The van der Waals surface area contributed by atoms with E-state index in [2.05, 4.69) is 10.6 Å². The summed E-state index contributed by atoms with van der Waals surface area (Å²) in [6, 6.07) is 5.08. The van der Waals surface area contributed by atoms with Gasteiger partial charge in [-0.2, -0.15) is 0 Å². The third kappa shape index (κ3) is 5.27. The number of carbonyl (C=O) groups excluding carboxylic acids is 2. The lowest BCUT2D eigenvalue weighted by Crippen LogP contribution is -2.54. The van der Waals surface area contributed by atoms with Crippen LogP contribution in [0.4, 0.5) is 4.79 Å². The Labute approximate surface area is 148 Å². The number of benzene rings is 1. The minimum atomic E-state index is -0.521. The van der Waals surface area contributed by atoms with Crippen molar-refractivity contribution in [2.75, 3.05) is 14.2 Å². The largest absolute Gasteiger partial charge is 0.497 e. The molecule has 1 saturated carbocycles. The molecular formula is C18H26N2O5. The second kappa shape index (κ2) is 7.63. The molecule has 2 amide bonds. The second-order valence-corrected chi connectivity index (χ2v) is 7.05. The normalized spacial score (nSPS) is 19.4. The number of nitrogens with one attached hydrogen (secondary N) is 2. The smallest absolute Gasteiger partial charge is 0.407 e. The number of hydrogen-bond acceptors (Lipinski definition) is 5. The molecule has 1 fully saturated rings. The lowest BCUT2D eigenvalue weighted by atomic mass is 9.86. The number of methoxy groups -OCH3 is 2. The maximum Gasteiger partial charge on any atom is 0.407 e. The fourth-order valence-electron chi connectivity index (χ4n) is 2.58. The summed E-state index contributed by atoms with van der Waals surface area (Å²) >= 11 is 0. The van der Waals surface area contributed by atoms with E-state index in [1.54, 1.807) is 25.3 Å². The van der Waals surface area contributed by atoms with Crippen molar-refractivity contribution >= 4 is 12.0 Å². The van der Waals surface area contributed by atoms with Crippen LogP contribution in [0.5, 0.6) is 11.5 Å². The first kappa shape index (κ1) is 18.9. The van der Waals surface area contributed by atoms with Crippen molar-refractivity contribution in [3.05, 3.63) is 23.8 Å². The van der Waals surface area contributed by atoms with Crippen LogP contribution in [0.3, 0.4) is 0 Å². The molecule has 1 aromatic carbocycles. The second-order valence-electron chi connectivity index (χ2n) is 7.05. The molecule has 0 atom stereocenters. The van der Waals surface area contributed by atoms with Crippen molar-refractivity contribution in [2.24, 2.45) is 0 Å². The van der Waals surface area contributed by atoms with Crippen LogP contribution < -0.4 is 20.1 Å². The molecule has 2 N–H and O–H groups in total. The van der Waals surface area contributed by atoms with E-state index in [0.717, 1.165) is 0 Å². The minimum Gasteiger partial charge on any atom is -0.497 e. The molecule has 2 rings (SSSR count). The van der Waals surface area contributed by atoms with Crippen molar-refractivity contribution < 1.29 is 23.8 Å². The summed E-state index contributed by atoms with van der Waals surface area (Å²) in [6.45, 7) is 5.45. The van der Waals surface area contributed by atoms with E-state index in [-0.39, 0.29) is 18.0 Å². The first-order valence-electron chi connectivity index (χ1n) is 8.24. The van der Waals surface area contributed by atoms with Gasteiger partial charge in [0.1, 0.15) is 17.1 Å². The molecule has 0 aromatic heterocycles. The van der Waals surface area contributed by atoms with E-state index in [9.17, 15) is 9.59 Å². The zero-order chi connectivity index (χ0) is 18.6. The minimum absolute atomic E-state index is 0.0120. The van der Waals surface area contributed by atoms with Crippen molar-refractivity contribution in [3.8, 4) is 11.5 Å². The van der Waals surface area contributed by atoms with Crippen molar-refractivity contribution in [3.63, 3.8) is 0 Å². The Hall–Kier alpha value is -2.44.